The lowest BCUT2D eigenvalue weighted by atomic mass is 9.80. The van der Waals surface area contributed by atoms with Crippen molar-refractivity contribution < 1.29 is 32.9 Å². The van der Waals surface area contributed by atoms with Crippen molar-refractivity contribution >= 4 is 43.1 Å². The number of imidazole rings is 1. The zero-order valence-corrected chi connectivity index (χ0v) is 27.1. The highest BCUT2D eigenvalue weighted by molar-refractivity contribution is 5.98. The van der Waals surface area contributed by atoms with E-state index in [1.54, 1.807) is 18.3 Å². The van der Waals surface area contributed by atoms with E-state index in [1.165, 1.54) is 12.1 Å². The molecule has 1 unspecified atom stereocenters. The molecule has 0 bridgehead atoms. The van der Waals surface area contributed by atoms with Gasteiger partial charge < -0.3 is 29.7 Å². The minimum Gasteiger partial charge on any atom is -0.387 e. The fourth-order valence-electron chi connectivity index (χ4n) is 6.20. The Kier molecular flexibility index (Phi) is 14.1. The van der Waals surface area contributed by atoms with Gasteiger partial charge in [0, 0.05) is 44.8 Å². The number of aliphatic hydroxyl groups is 2. The summed E-state index contributed by atoms with van der Waals surface area (Å²) in [5.74, 6) is -0.352. The van der Waals surface area contributed by atoms with Crippen LogP contribution in [0, 0.1) is 0 Å². The molecule has 9 nitrogen and oxygen atoms in total. The summed E-state index contributed by atoms with van der Waals surface area (Å²) in [6, 6.07) is 11.9. The molecule has 4 atom stereocenters. The topological polar surface area (TPSA) is 113 Å². The number of alkyl halides is 3. The molecule has 3 aromatic rings. The number of pyridine rings is 1. The van der Waals surface area contributed by atoms with E-state index < -0.39 is 29.6 Å². The molecule has 1 saturated heterocycles. The van der Waals surface area contributed by atoms with Crippen molar-refractivity contribution in [1.29, 1.82) is 0 Å². The number of methoxy groups -OCH3 is 1. The number of hydrogen-bond donors (Lipinski definition) is 3. The number of nitrogens with zero attached hydrogens (tertiary/aromatic N) is 4. The molecule has 1 aliphatic heterocycles. The molecular weight excluding hydrogens is 658 g/mol. The van der Waals surface area contributed by atoms with Crippen LogP contribution < -0.4 is 5.32 Å². The number of carbonyl (C=O) groups excluding carboxylic acids is 1. The van der Waals surface area contributed by atoms with Crippen LogP contribution in [0.5, 0.6) is 0 Å². The lowest BCUT2D eigenvalue weighted by Gasteiger charge is -2.41. The molecule has 1 aromatic carbocycles. The third-order valence-corrected chi connectivity index (χ3v) is 8.24. The Hall–Kier alpha value is -2.45. The number of hydrogen-bond acceptors (Lipinski definition) is 7. The first-order valence-electron chi connectivity index (χ1n) is 14.2. The molecule has 2 fully saturated rings. The highest BCUT2D eigenvalue weighted by Crippen LogP contribution is 2.41. The second kappa shape index (κ2) is 16.4. The van der Waals surface area contributed by atoms with Gasteiger partial charge in [0.05, 0.1) is 36.5 Å². The van der Waals surface area contributed by atoms with Crippen molar-refractivity contribution in [3.05, 3.63) is 71.9 Å². The van der Waals surface area contributed by atoms with Gasteiger partial charge in [-0.1, -0.05) is 49.2 Å². The Morgan fingerprint density at radius 1 is 1.13 bits per heavy atom. The monoisotopic (exact) mass is 695 g/mol. The van der Waals surface area contributed by atoms with Gasteiger partial charge in [-0.3, -0.25) is 4.79 Å². The van der Waals surface area contributed by atoms with Crippen LogP contribution in [0.1, 0.15) is 66.1 Å². The van der Waals surface area contributed by atoms with Crippen LogP contribution in [0.2, 0.25) is 0 Å². The number of amides is 1. The Balaban J connectivity index is 0.00000235. The zero-order chi connectivity index (χ0) is 29.9. The largest absolute Gasteiger partial charge is 0.433 e. The van der Waals surface area contributed by atoms with Crippen molar-refractivity contribution in [2.45, 2.75) is 62.1 Å². The van der Waals surface area contributed by atoms with Crippen molar-refractivity contribution in [2.24, 2.45) is 0 Å². The third-order valence-electron chi connectivity index (χ3n) is 8.24. The van der Waals surface area contributed by atoms with Crippen LogP contribution in [0.3, 0.4) is 0 Å². The van der Waals surface area contributed by atoms with Crippen LogP contribution in [0.4, 0.5) is 13.2 Å². The number of benzene rings is 1. The molecule has 3 N–H and O–H groups in total. The van der Waals surface area contributed by atoms with Crippen molar-refractivity contribution in [2.75, 3.05) is 33.4 Å². The van der Waals surface area contributed by atoms with Gasteiger partial charge >= 0.3 is 6.18 Å². The van der Waals surface area contributed by atoms with E-state index in [2.05, 4.69) is 15.3 Å². The second-order valence-corrected chi connectivity index (χ2v) is 11.1. The highest BCUT2D eigenvalue weighted by Gasteiger charge is 2.42. The molecule has 15 heteroatoms. The van der Waals surface area contributed by atoms with Crippen molar-refractivity contribution in [3.63, 3.8) is 0 Å². The summed E-state index contributed by atoms with van der Waals surface area (Å²) in [6.07, 6.45) is -1.33. The summed E-state index contributed by atoms with van der Waals surface area (Å²) in [4.78, 5) is 24.0. The van der Waals surface area contributed by atoms with Gasteiger partial charge in [0.25, 0.3) is 5.91 Å². The third kappa shape index (κ3) is 8.48. The molecule has 0 spiro atoms. The van der Waals surface area contributed by atoms with Gasteiger partial charge in [0.1, 0.15) is 11.3 Å². The quantitative estimate of drug-likeness (QED) is 0.295. The first-order valence-corrected chi connectivity index (χ1v) is 14.2. The smallest absolute Gasteiger partial charge is 0.387 e. The van der Waals surface area contributed by atoms with E-state index in [9.17, 15) is 28.2 Å². The Morgan fingerprint density at radius 3 is 2.56 bits per heavy atom. The summed E-state index contributed by atoms with van der Waals surface area (Å²) < 4.78 is 46.9. The fraction of sp³-hybridized carbons (Fsp3) is 0.500. The van der Waals surface area contributed by atoms with Crippen molar-refractivity contribution in [3.8, 4) is 11.3 Å². The summed E-state index contributed by atoms with van der Waals surface area (Å²) in [7, 11) is 1.55. The summed E-state index contributed by atoms with van der Waals surface area (Å²) in [6.45, 7) is 1.33. The molecule has 1 aliphatic carbocycles. The first kappa shape index (κ1) is 38.7. The maximum Gasteiger partial charge on any atom is 0.433 e. The van der Waals surface area contributed by atoms with Gasteiger partial charge in [-0.15, -0.1) is 37.2 Å². The average molecular weight is 697 g/mol. The lowest BCUT2D eigenvalue weighted by molar-refractivity contribution is -0.141. The number of nitrogens with one attached hydrogen (secondary N) is 1. The molecule has 2 aliphatic rings. The fourth-order valence-corrected chi connectivity index (χ4v) is 6.20. The molecule has 3 heterocycles. The molecule has 45 heavy (non-hydrogen) atoms. The number of carbonyl (C=O) groups is 1. The molecule has 1 amide bonds. The number of aromatic nitrogens is 3. The minimum atomic E-state index is -4.63. The molecule has 2 aromatic heterocycles. The summed E-state index contributed by atoms with van der Waals surface area (Å²) >= 11 is 0. The zero-order valence-electron chi connectivity index (χ0n) is 24.7. The van der Waals surface area contributed by atoms with E-state index >= 15 is 0 Å². The van der Waals surface area contributed by atoms with E-state index in [4.69, 9.17) is 4.74 Å². The average Bonchev–Trinajstić information content (AvgIpc) is 3.42. The van der Waals surface area contributed by atoms with E-state index in [1.807, 2.05) is 34.9 Å². The second-order valence-electron chi connectivity index (χ2n) is 11.1. The van der Waals surface area contributed by atoms with Crippen LogP contribution in [-0.2, 0) is 10.9 Å². The number of aliphatic hydroxyl groups excluding tert-OH is 1. The molecule has 250 valence electrons. The Labute approximate surface area is 278 Å². The number of ether oxygens (including phenoxy) is 1. The van der Waals surface area contributed by atoms with E-state index in [-0.39, 0.29) is 73.6 Å². The highest BCUT2D eigenvalue weighted by atomic mass is 35.5. The number of piperazine rings is 1. The molecule has 0 radical (unpaired) electrons. The van der Waals surface area contributed by atoms with Gasteiger partial charge in [0.2, 0.25) is 0 Å². The normalized spacial score (nSPS) is 22.4. The summed E-state index contributed by atoms with van der Waals surface area (Å²) in [5.41, 5.74) is -0.750. The Morgan fingerprint density at radius 2 is 1.87 bits per heavy atom. The maximum atomic E-state index is 14.2. The first-order chi connectivity index (χ1) is 20.1. The van der Waals surface area contributed by atoms with Gasteiger partial charge in [-0.25, -0.2) is 9.97 Å². The van der Waals surface area contributed by atoms with E-state index in [0.29, 0.717) is 38.2 Å². The predicted octanol–water partition coefficient (Wildman–Crippen LogP) is 5.26. The molecular formula is C30H39Cl3F3N5O4. The van der Waals surface area contributed by atoms with Crippen LogP contribution in [0.25, 0.3) is 11.3 Å². The van der Waals surface area contributed by atoms with Crippen molar-refractivity contribution in [1.82, 2.24) is 24.8 Å². The van der Waals surface area contributed by atoms with Crippen LogP contribution in [0.15, 0.2) is 54.9 Å². The molecule has 1 saturated carbocycles. The Bertz CT molecular complexity index is 1380. The lowest BCUT2D eigenvalue weighted by Crippen LogP contribution is -2.54. The molecule has 5 rings (SSSR count). The van der Waals surface area contributed by atoms with Crippen LogP contribution in [-0.4, -0.2) is 80.5 Å². The van der Waals surface area contributed by atoms with E-state index in [0.717, 1.165) is 24.5 Å². The standard InChI is InChI=1S/C30H36F3N5O4.3ClH/c1-42-18-29(41)13-6-5-12-25(29)38-19-35-26(27(38)20-8-3-2-4-9-20)28(40)37-15-14-34-17-21(37)16-23(39)22-10-7-11-24(36-22)30(31,32)33;;;/h2-4,7-11,19,21,23,25,34,39,41H,5-6,12-18H2,1H3;3*1H/t21-,23?,25-,29-;;;/m1.../s1. The van der Waals surface area contributed by atoms with Crippen LogP contribution >= 0.6 is 37.2 Å². The van der Waals surface area contributed by atoms with Gasteiger partial charge in [0.15, 0.2) is 5.69 Å². The minimum absolute atomic E-state index is 0. The van der Waals surface area contributed by atoms with Gasteiger partial charge in [-0.05, 0) is 25.0 Å². The summed E-state index contributed by atoms with van der Waals surface area (Å²) in [5, 5.41) is 25.7. The SMILES string of the molecule is COC[C@]1(O)CCCC[C@H]1n1cnc(C(=O)N2CCNC[C@H]2CC(O)c2cccc(C(F)(F)F)n2)c1-c1ccccc1.Cl.Cl.Cl. The predicted molar refractivity (Wildman–Crippen MR) is 170 cm³/mol. The number of halogens is 6. The maximum absolute atomic E-state index is 14.2. The number of rotatable bonds is 8. The van der Waals surface area contributed by atoms with Gasteiger partial charge in [-0.2, -0.15) is 13.2 Å².